The van der Waals surface area contributed by atoms with Crippen LogP contribution >= 0.6 is 0 Å². The Balaban J connectivity index is 2.05. The molecule has 0 aromatic carbocycles. The predicted molar refractivity (Wildman–Crippen MR) is 110 cm³/mol. The zero-order chi connectivity index (χ0) is 21.5. The molecule has 0 aliphatic heterocycles. The van der Waals surface area contributed by atoms with Crippen LogP contribution < -0.4 is 0 Å². The predicted octanol–water partition coefficient (Wildman–Crippen LogP) is 7.88. The van der Waals surface area contributed by atoms with Crippen molar-refractivity contribution in [3.63, 3.8) is 0 Å². The van der Waals surface area contributed by atoms with Crippen LogP contribution in [0.1, 0.15) is 93.9 Å². The smallest absolute Gasteiger partial charge is 0.372 e. The molecular weight excluding hydrogens is 361 g/mol. The first-order chi connectivity index (χ1) is 12.7. The summed E-state index contributed by atoms with van der Waals surface area (Å²) in [5.74, 6) is 1.07. The zero-order valence-electron chi connectivity index (χ0n) is 19.3. The summed E-state index contributed by atoms with van der Waals surface area (Å²) < 4.78 is 48.5. The lowest BCUT2D eigenvalue weighted by atomic mass is 9.49. The Morgan fingerprint density at radius 3 is 1.96 bits per heavy atom. The maximum Gasteiger partial charge on any atom is 0.392 e. The lowest BCUT2D eigenvalue weighted by molar-refractivity contribution is -0.216. The maximum atomic E-state index is 14.1. The van der Waals surface area contributed by atoms with Crippen LogP contribution in [0.4, 0.5) is 13.2 Å². The normalized spacial score (nSPS) is 29.9. The van der Waals surface area contributed by atoms with Gasteiger partial charge < -0.3 is 4.74 Å². The van der Waals surface area contributed by atoms with Crippen molar-refractivity contribution < 1.29 is 17.9 Å². The molecule has 0 spiro atoms. The monoisotopic (exact) mass is 404 g/mol. The number of halogens is 3. The Morgan fingerprint density at radius 1 is 1.00 bits per heavy atom. The van der Waals surface area contributed by atoms with Gasteiger partial charge in [0.1, 0.15) is 0 Å². The molecule has 0 heterocycles. The van der Waals surface area contributed by atoms with Gasteiger partial charge in [0.15, 0.2) is 0 Å². The summed E-state index contributed by atoms with van der Waals surface area (Å²) in [6, 6.07) is 0. The third-order valence-corrected chi connectivity index (χ3v) is 7.67. The molecule has 0 radical (unpaired) electrons. The van der Waals surface area contributed by atoms with Crippen molar-refractivity contribution in [1.29, 1.82) is 0 Å². The number of hydrogen-bond acceptors (Lipinski definition) is 1. The highest BCUT2D eigenvalue weighted by Crippen LogP contribution is 2.59. The van der Waals surface area contributed by atoms with Gasteiger partial charge in [-0.2, -0.15) is 13.2 Å². The lowest BCUT2D eigenvalue weighted by Crippen LogP contribution is -2.49. The summed E-state index contributed by atoms with van der Waals surface area (Å²) in [6.45, 7) is 15.9. The molecule has 1 nitrogen and oxygen atoms in total. The number of alkyl halides is 3. The average molecular weight is 405 g/mol. The first kappa shape index (κ1) is 24.0. The summed E-state index contributed by atoms with van der Waals surface area (Å²) in [5, 5.41) is 0. The molecule has 2 rings (SSSR count). The number of hydrogen-bond donors (Lipinski definition) is 0. The second kappa shape index (κ2) is 8.47. The highest BCUT2D eigenvalue weighted by atomic mass is 19.4. The van der Waals surface area contributed by atoms with E-state index >= 15 is 0 Å². The van der Waals surface area contributed by atoms with E-state index in [2.05, 4.69) is 20.8 Å². The fourth-order valence-corrected chi connectivity index (χ4v) is 6.04. The van der Waals surface area contributed by atoms with Crippen molar-refractivity contribution in [1.82, 2.24) is 0 Å². The summed E-state index contributed by atoms with van der Waals surface area (Å²) in [4.78, 5) is 0. The quantitative estimate of drug-likeness (QED) is 0.380. The molecule has 2 aliphatic carbocycles. The molecule has 7 atom stereocenters. The zero-order valence-corrected chi connectivity index (χ0v) is 19.3. The van der Waals surface area contributed by atoms with Crippen LogP contribution in [0.5, 0.6) is 0 Å². The van der Waals surface area contributed by atoms with Gasteiger partial charge in [-0.25, -0.2) is 0 Å². The third-order valence-electron chi connectivity index (χ3n) is 7.67. The lowest BCUT2D eigenvalue weighted by Gasteiger charge is -2.56. The molecule has 0 aromatic heterocycles. The SMILES string of the molecule is CCC(OC(C)(C)C)C(C)CC(C)(C)C(CC(C)C1CC2CCC21)C(F)(F)F. The van der Waals surface area contributed by atoms with Gasteiger partial charge in [0.25, 0.3) is 0 Å². The minimum Gasteiger partial charge on any atom is -0.372 e. The van der Waals surface area contributed by atoms with Crippen LogP contribution in [0, 0.1) is 40.9 Å². The van der Waals surface area contributed by atoms with E-state index < -0.39 is 17.5 Å². The van der Waals surface area contributed by atoms with Crippen molar-refractivity contribution in [2.24, 2.45) is 40.9 Å². The van der Waals surface area contributed by atoms with E-state index in [1.54, 1.807) is 0 Å². The number of ether oxygens (including phenoxy) is 1. The highest BCUT2D eigenvalue weighted by molar-refractivity contribution is 4.99. The Hall–Kier alpha value is -0.250. The fourth-order valence-electron chi connectivity index (χ4n) is 6.04. The van der Waals surface area contributed by atoms with Crippen LogP contribution in [-0.2, 0) is 4.74 Å². The second-order valence-electron chi connectivity index (χ2n) is 11.6. The minimum absolute atomic E-state index is 0.00653. The molecule has 2 aliphatic rings. The van der Waals surface area contributed by atoms with Crippen LogP contribution in [0.25, 0.3) is 0 Å². The summed E-state index contributed by atoms with van der Waals surface area (Å²) >= 11 is 0. The van der Waals surface area contributed by atoms with E-state index in [9.17, 15) is 13.2 Å². The fraction of sp³-hybridized carbons (Fsp3) is 1.00. The van der Waals surface area contributed by atoms with Crippen molar-refractivity contribution in [3.05, 3.63) is 0 Å². The Kier molecular flexibility index (Phi) is 7.27. The van der Waals surface area contributed by atoms with E-state index in [0.29, 0.717) is 12.3 Å². The van der Waals surface area contributed by atoms with Gasteiger partial charge in [0.05, 0.1) is 17.6 Å². The standard InChI is InChI=1S/C24H43F3O/c1-9-20(28-22(4,5)6)16(3)14-23(7,8)21(24(25,26)27)12-15(2)19-13-17-10-11-18(17)19/h15-21H,9-14H2,1-8H3. The van der Waals surface area contributed by atoms with Crippen molar-refractivity contribution in [2.45, 2.75) is 112 Å². The summed E-state index contributed by atoms with van der Waals surface area (Å²) in [7, 11) is 0. The number of rotatable bonds is 9. The summed E-state index contributed by atoms with van der Waals surface area (Å²) in [5.41, 5.74) is -1.07. The largest absolute Gasteiger partial charge is 0.392 e. The topological polar surface area (TPSA) is 9.23 Å². The maximum absolute atomic E-state index is 14.1. The first-order valence-electron chi connectivity index (χ1n) is 11.4. The molecule has 0 amide bonds. The molecule has 28 heavy (non-hydrogen) atoms. The van der Waals surface area contributed by atoms with Gasteiger partial charge in [0, 0.05) is 0 Å². The van der Waals surface area contributed by atoms with E-state index in [4.69, 9.17) is 4.74 Å². The van der Waals surface area contributed by atoms with Gasteiger partial charge in [-0.3, -0.25) is 0 Å². The van der Waals surface area contributed by atoms with Gasteiger partial charge in [-0.15, -0.1) is 0 Å². The molecule has 0 bridgehead atoms. The molecule has 7 unspecified atom stereocenters. The Labute approximate surface area is 171 Å². The molecule has 2 saturated carbocycles. The van der Waals surface area contributed by atoms with Crippen molar-refractivity contribution in [2.75, 3.05) is 0 Å². The van der Waals surface area contributed by atoms with Crippen LogP contribution in [-0.4, -0.2) is 17.9 Å². The molecule has 4 heteroatoms. The third kappa shape index (κ3) is 5.67. The molecule has 2 fully saturated rings. The second-order valence-corrected chi connectivity index (χ2v) is 11.6. The molecular formula is C24H43F3O. The Bertz CT molecular complexity index is 505. The van der Waals surface area contributed by atoms with Gasteiger partial charge in [-0.05, 0) is 94.3 Å². The van der Waals surface area contributed by atoms with E-state index in [-0.39, 0.29) is 30.0 Å². The van der Waals surface area contributed by atoms with Crippen molar-refractivity contribution in [3.8, 4) is 0 Å². The minimum atomic E-state index is -4.15. The van der Waals surface area contributed by atoms with Gasteiger partial charge >= 0.3 is 6.18 Å². The van der Waals surface area contributed by atoms with Crippen molar-refractivity contribution >= 4 is 0 Å². The van der Waals surface area contributed by atoms with E-state index in [1.807, 2.05) is 34.6 Å². The summed E-state index contributed by atoms with van der Waals surface area (Å²) in [6.07, 6.45) is 1.17. The van der Waals surface area contributed by atoms with E-state index in [0.717, 1.165) is 24.7 Å². The molecule has 166 valence electrons. The van der Waals surface area contributed by atoms with Crippen LogP contribution in [0.3, 0.4) is 0 Å². The van der Waals surface area contributed by atoms with Gasteiger partial charge in [-0.1, -0.05) is 34.6 Å². The van der Waals surface area contributed by atoms with Crippen LogP contribution in [0.2, 0.25) is 0 Å². The van der Waals surface area contributed by atoms with E-state index in [1.165, 1.54) is 12.8 Å². The van der Waals surface area contributed by atoms with Gasteiger partial charge in [0.2, 0.25) is 0 Å². The molecule has 0 saturated heterocycles. The Morgan fingerprint density at radius 2 is 1.61 bits per heavy atom. The first-order valence-corrected chi connectivity index (χ1v) is 11.4. The molecule has 0 N–H and O–H groups in total. The molecule has 0 aromatic rings. The number of fused-ring (bicyclic) bond motifs is 1. The average Bonchev–Trinajstić information content (AvgIpc) is 2.49. The highest BCUT2D eigenvalue weighted by Gasteiger charge is 2.53. The van der Waals surface area contributed by atoms with Crippen LogP contribution in [0.15, 0.2) is 0 Å².